The molecule has 1 unspecified atom stereocenters. The summed E-state index contributed by atoms with van der Waals surface area (Å²) in [4.78, 5) is 0. The van der Waals surface area contributed by atoms with E-state index in [4.69, 9.17) is 5.84 Å². The second kappa shape index (κ2) is 5.02. The van der Waals surface area contributed by atoms with Crippen LogP contribution in [0.4, 0.5) is 8.78 Å². The first-order chi connectivity index (χ1) is 6.69. The van der Waals surface area contributed by atoms with Crippen LogP contribution in [0.15, 0.2) is 18.2 Å². The quantitative estimate of drug-likeness (QED) is 0.574. The molecule has 1 aromatic carbocycles. The monoisotopic (exact) mass is 200 g/mol. The Morgan fingerprint density at radius 3 is 2.36 bits per heavy atom. The fraction of sp³-hybridized carbons (Fsp3) is 0.400. The molecule has 0 radical (unpaired) electrons. The first-order valence-electron chi connectivity index (χ1n) is 4.58. The summed E-state index contributed by atoms with van der Waals surface area (Å²) in [6, 6.07) is 3.76. The van der Waals surface area contributed by atoms with E-state index in [1.807, 2.05) is 6.92 Å². The molecule has 1 aromatic rings. The van der Waals surface area contributed by atoms with Gasteiger partial charge in [-0.3, -0.25) is 11.3 Å². The van der Waals surface area contributed by atoms with Crippen molar-refractivity contribution in [1.82, 2.24) is 5.43 Å². The number of halogens is 2. The lowest BCUT2D eigenvalue weighted by Gasteiger charge is -2.14. The van der Waals surface area contributed by atoms with Crippen molar-refractivity contribution in [3.63, 3.8) is 0 Å². The Hall–Kier alpha value is -1.00. The summed E-state index contributed by atoms with van der Waals surface area (Å²) in [5.74, 6) is 4.21. The highest BCUT2D eigenvalue weighted by Crippen LogP contribution is 2.14. The van der Waals surface area contributed by atoms with Crippen LogP contribution >= 0.6 is 0 Å². The Morgan fingerprint density at radius 1 is 1.36 bits per heavy atom. The molecule has 0 fully saturated rings. The number of nitrogens with two attached hydrogens (primary N) is 1. The van der Waals surface area contributed by atoms with E-state index < -0.39 is 11.6 Å². The van der Waals surface area contributed by atoms with E-state index in [1.165, 1.54) is 18.2 Å². The van der Waals surface area contributed by atoms with Crippen LogP contribution in [0.2, 0.25) is 0 Å². The van der Waals surface area contributed by atoms with Gasteiger partial charge < -0.3 is 0 Å². The molecule has 0 aliphatic heterocycles. The third-order valence-electron chi connectivity index (χ3n) is 2.24. The Labute approximate surface area is 82.1 Å². The minimum absolute atomic E-state index is 0.0947. The largest absolute Gasteiger partial charge is 0.271 e. The van der Waals surface area contributed by atoms with E-state index in [1.54, 1.807) is 0 Å². The van der Waals surface area contributed by atoms with Crippen LogP contribution in [0.1, 0.15) is 18.9 Å². The Balaban J connectivity index is 2.84. The van der Waals surface area contributed by atoms with Crippen LogP contribution in [0, 0.1) is 11.6 Å². The molecule has 0 bridgehead atoms. The molecule has 0 aliphatic carbocycles. The predicted molar refractivity (Wildman–Crippen MR) is 51.5 cm³/mol. The fourth-order valence-corrected chi connectivity index (χ4v) is 1.29. The average Bonchev–Trinajstić information content (AvgIpc) is 2.18. The van der Waals surface area contributed by atoms with Crippen molar-refractivity contribution < 1.29 is 8.78 Å². The molecule has 14 heavy (non-hydrogen) atoms. The molecule has 0 amide bonds. The van der Waals surface area contributed by atoms with Crippen LogP contribution in [0.5, 0.6) is 0 Å². The minimum Gasteiger partial charge on any atom is -0.271 e. The van der Waals surface area contributed by atoms with Gasteiger partial charge in [0, 0.05) is 11.6 Å². The first kappa shape index (κ1) is 11.1. The molecule has 0 aliphatic rings. The van der Waals surface area contributed by atoms with Crippen LogP contribution in [-0.2, 0) is 6.42 Å². The molecule has 78 valence electrons. The second-order valence-electron chi connectivity index (χ2n) is 3.18. The van der Waals surface area contributed by atoms with Crippen molar-refractivity contribution in [1.29, 1.82) is 0 Å². The number of rotatable bonds is 4. The van der Waals surface area contributed by atoms with Crippen LogP contribution in [0.3, 0.4) is 0 Å². The van der Waals surface area contributed by atoms with Gasteiger partial charge >= 0.3 is 0 Å². The second-order valence-corrected chi connectivity index (χ2v) is 3.18. The average molecular weight is 200 g/mol. The van der Waals surface area contributed by atoms with Crippen LogP contribution in [0.25, 0.3) is 0 Å². The summed E-state index contributed by atoms with van der Waals surface area (Å²) in [7, 11) is 0. The van der Waals surface area contributed by atoms with E-state index in [0.29, 0.717) is 0 Å². The topological polar surface area (TPSA) is 38.0 Å². The number of hydrazine groups is 1. The van der Waals surface area contributed by atoms with Crippen molar-refractivity contribution in [3.05, 3.63) is 35.4 Å². The van der Waals surface area contributed by atoms with Gasteiger partial charge in [-0.25, -0.2) is 8.78 Å². The molecule has 1 rings (SSSR count). The number of hydrogen-bond donors (Lipinski definition) is 2. The molecular formula is C10H14F2N2. The summed E-state index contributed by atoms with van der Waals surface area (Å²) in [5, 5.41) is 0. The van der Waals surface area contributed by atoms with Crippen molar-refractivity contribution in [2.75, 3.05) is 0 Å². The Bertz CT molecular complexity index is 278. The van der Waals surface area contributed by atoms with E-state index in [-0.39, 0.29) is 18.0 Å². The molecule has 1 atom stereocenters. The summed E-state index contributed by atoms with van der Waals surface area (Å²) < 4.78 is 26.3. The molecule has 4 heteroatoms. The lowest BCUT2D eigenvalue weighted by molar-refractivity contribution is 0.477. The maximum absolute atomic E-state index is 13.2. The molecule has 0 heterocycles. The summed E-state index contributed by atoms with van der Waals surface area (Å²) in [6.45, 7) is 1.91. The Kier molecular flexibility index (Phi) is 3.98. The summed E-state index contributed by atoms with van der Waals surface area (Å²) >= 11 is 0. The third kappa shape index (κ3) is 2.49. The predicted octanol–water partition coefficient (Wildman–Crippen LogP) is 1.75. The molecule has 2 nitrogen and oxygen atoms in total. The molecule has 0 saturated heterocycles. The molecule has 3 N–H and O–H groups in total. The van der Waals surface area contributed by atoms with Crippen molar-refractivity contribution in [3.8, 4) is 0 Å². The van der Waals surface area contributed by atoms with Gasteiger partial charge in [-0.15, -0.1) is 0 Å². The molecule has 0 spiro atoms. The maximum Gasteiger partial charge on any atom is 0.129 e. The zero-order valence-electron chi connectivity index (χ0n) is 8.06. The van der Waals surface area contributed by atoms with Crippen LogP contribution in [-0.4, -0.2) is 6.04 Å². The number of nitrogens with one attached hydrogen (secondary N) is 1. The molecular weight excluding hydrogens is 186 g/mol. The van der Waals surface area contributed by atoms with Gasteiger partial charge in [0.15, 0.2) is 0 Å². The van der Waals surface area contributed by atoms with Crippen LogP contribution < -0.4 is 11.3 Å². The molecule has 0 aromatic heterocycles. The minimum atomic E-state index is -0.515. The number of hydrogen-bond acceptors (Lipinski definition) is 2. The van der Waals surface area contributed by atoms with Gasteiger partial charge in [-0.1, -0.05) is 13.0 Å². The maximum atomic E-state index is 13.2. The zero-order valence-corrected chi connectivity index (χ0v) is 8.06. The van der Waals surface area contributed by atoms with Gasteiger partial charge in [0.25, 0.3) is 0 Å². The summed E-state index contributed by atoms with van der Waals surface area (Å²) in [5.41, 5.74) is 2.62. The van der Waals surface area contributed by atoms with Gasteiger partial charge in [-0.05, 0) is 25.0 Å². The Morgan fingerprint density at radius 2 is 1.93 bits per heavy atom. The smallest absolute Gasteiger partial charge is 0.129 e. The highest BCUT2D eigenvalue weighted by atomic mass is 19.1. The van der Waals surface area contributed by atoms with Gasteiger partial charge in [0.05, 0.1) is 0 Å². The SMILES string of the molecule is CCC(Cc1c(F)cccc1F)NN. The molecule has 0 saturated carbocycles. The third-order valence-corrected chi connectivity index (χ3v) is 2.24. The van der Waals surface area contributed by atoms with E-state index >= 15 is 0 Å². The lowest BCUT2D eigenvalue weighted by atomic mass is 10.0. The van der Waals surface area contributed by atoms with E-state index in [2.05, 4.69) is 5.43 Å². The lowest BCUT2D eigenvalue weighted by Crippen LogP contribution is -2.36. The van der Waals surface area contributed by atoms with Crippen molar-refractivity contribution in [2.45, 2.75) is 25.8 Å². The van der Waals surface area contributed by atoms with Gasteiger partial charge in [0.2, 0.25) is 0 Å². The van der Waals surface area contributed by atoms with Crippen molar-refractivity contribution >= 4 is 0 Å². The van der Waals surface area contributed by atoms with E-state index in [9.17, 15) is 8.78 Å². The normalized spacial score (nSPS) is 12.9. The standard InChI is InChI=1S/C10H14F2N2/c1-2-7(14-13)6-8-9(11)4-3-5-10(8)12/h3-5,7,14H,2,6,13H2,1H3. The van der Waals surface area contributed by atoms with E-state index in [0.717, 1.165) is 6.42 Å². The first-order valence-corrected chi connectivity index (χ1v) is 4.58. The number of benzene rings is 1. The van der Waals surface area contributed by atoms with Gasteiger partial charge in [0.1, 0.15) is 11.6 Å². The van der Waals surface area contributed by atoms with Gasteiger partial charge in [-0.2, -0.15) is 0 Å². The fourth-order valence-electron chi connectivity index (χ4n) is 1.29. The zero-order chi connectivity index (χ0) is 10.6. The highest BCUT2D eigenvalue weighted by Gasteiger charge is 2.12. The van der Waals surface area contributed by atoms with Crippen molar-refractivity contribution in [2.24, 2.45) is 5.84 Å². The summed E-state index contributed by atoms with van der Waals surface area (Å²) in [6.07, 6.45) is 0.996. The highest BCUT2D eigenvalue weighted by molar-refractivity contribution is 5.20.